The average molecular weight is 266 g/mol. The van der Waals surface area contributed by atoms with Gasteiger partial charge in [-0.15, -0.1) is 0 Å². The Bertz CT molecular complexity index is 340. The van der Waals surface area contributed by atoms with Gasteiger partial charge in [0.2, 0.25) is 0 Å². The molecule has 2 saturated carbocycles. The second-order valence-electron chi connectivity index (χ2n) is 5.87. The van der Waals surface area contributed by atoms with Crippen molar-refractivity contribution in [3.63, 3.8) is 0 Å². The number of rotatable bonds is 4. The van der Waals surface area contributed by atoms with Gasteiger partial charge in [-0.1, -0.05) is 6.42 Å². The van der Waals surface area contributed by atoms with Crippen molar-refractivity contribution in [2.75, 3.05) is 6.61 Å². The number of ether oxygens (including phenoxy) is 1. The van der Waals surface area contributed by atoms with Gasteiger partial charge >= 0.3 is 5.97 Å². The molecule has 2 atom stereocenters. The van der Waals surface area contributed by atoms with Crippen LogP contribution in [-0.4, -0.2) is 24.6 Å². The summed E-state index contributed by atoms with van der Waals surface area (Å²) in [5.41, 5.74) is 0. The Hall–Kier alpha value is -1.19. The second-order valence-corrected chi connectivity index (χ2v) is 5.87. The quantitative estimate of drug-likeness (QED) is 0.578. The fraction of sp³-hybridized carbons (Fsp3) is 0.800. The highest BCUT2D eigenvalue weighted by Gasteiger charge is 2.29. The molecule has 2 rings (SSSR count). The van der Waals surface area contributed by atoms with E-state index in [9.17, 15) is 14.4 Å². The monoisotopic (exact) mass is 266 g/mol. The van der Waals surface area contributed by atoms with E-state index in [2.05, 4.69) is 0 Å². The summed E-state index contributed by atoms with van der Waals surface area (Å²) in [6, 6.07) is 0. The Kier molecular flexibility index (Phi) is 5.11. The molecule has 0 amide bonds. The van der Waals surface area contributed by atoms with Gasteiger partial charge < -0.3 is 9.53 Å². The highest BCUT2D eigenvalue weighted by atomic mass is 16.5. The zero-order valence-electron chi connectivity index (χ0n) is 11.3. The zero-order chi connectivity index (χ0) is 13.7. The van der Waals surface area contributed by atoms with Gasteiger partial charge in [0, 0.05) is 18.8 Å². The number of Topliss-reactive ketones (excluding diaryl/α,β-unsaturated/α-hetero) is 1. The summed E-state index contributed by atoms with van der Waals surface area (Å²) in [5.74, 6) is 0.437. The predicted octanol–water partition coefficient (Wildman–Crippen LogP) is 2.29. The second kappa shape index (κ2) is 6.83. The maximum absolute atomic E-state index is 12.0. The molecule has 2 unspecified atom stereocenters. The summed E-state index contributed by atoms with van der Waals surface area (Å²) < 4.78 is 5.38. The van der Waals surface area contributed by atoms with Crippen molar-refractivity contribution in [1.82, 2.24) is 0 Å². The number of esters is 1. The van der Waals surface area contributed by atoms with Crippen LogP contribution in [0.25, 0.3) is 0 Å². The Morgan fingerprint density at radius 1 is 1.21 bits per heavy atom. The minimum absolute atomic E-state index is 0.0265. The minimum atomic E-state index is -0.150. The molecule has 4 nitrogen and oxygen atoms in total. The van der Waals surface area contributed by atoms with Crippen LogP contribution in [0.4, 0.5) is 0 Å². The van der Waals surface area contributed by atoms with E-state index in [1.807, 2.05) is 0 Å². The number of carbonyl (C=O) groups excluding carboxylic acids is 3. The molecule has 0 saturated heterocycles. The van der Waals surface area contributed by atoms with Crippen LogP contribution in [0, 0.1) is 17.8 Å². The lowest BCUT2D eigenvalue weighted by Gasteiger charge is -2.26. The Morgan fingerprint density at radius 3 is 2.63 bits per heavy atom. The lowest BCUT2D eigenvalue weighted by molar-refractivity contribution is -0.152. The van der Waals surface area contributed by atoms with E-state index in [0.29, 0.717) is 37.6 Å². The first-order valence-corrected chi connectivity index (χ1v) is 7.32. The van der Waals surface area contributed by atoms with Crippen LogP contribution < -0.4 is 0 Å². The highest BCUT2D eigenvalue weighted by Crippen LogP contribution is 2.29. The summed E-state index contributed by atoms with van der Waals surface area (Å²) >= 11 is 0. The summed E-state index contributed by atoms with van der Waals surface area (Å²) in [7, 11) is 0. The SMILES string of the molecule is O=CC1CCCC(C(=O)OCC2CCC(=O)CC2)C1. The Labute approximate surface area is 113 Å². The van der Waals surface area contributed by atoms with E-state index in [0.717, 1.165) is 38.4 Å². The number of hydrogen-bond acceptors (Lipinski definition) is 4. The maximum atomic E-state index is 12.0. The molecule has 0 aromatic rings. The topological polar surface area (TPSA) is 60.4 Å². The molecule has 0 aromatic heterocycles. The van der Waals surface area contributed by atoms with Crippen LogP contribution in [0.5, 0.6) is 0 Å². The number of carbonyl (C=O) groups is 3. The molecule has 0 radical (unpaired) electrons. The largest absolute Gasteiger partial charge is 0.465 e. The van der Waals surface area contributed by atoms with Crippen molar-refractivity contribution in [2.24, 2.45) is 17.8 Å². The normalized spacial score (nSPS) is 28.9. The van der Waals surface area contributed by atoms with Crippen molar-refractivity contribution >= 4 is 18.0 Å². The smallest absolute Gasteiger partial charge is 0.308 e. The van der Waals surface area contributed by atoms with Crippen molar-refractivity contribution in [3.8, 4) is 0 Å². The van der Waals surface area contributed by atoms with E-state index in [4.69, 9.17) is 4.74 Å². The highest BCUT2D eigenvalue weighted by molar-refractivity contribution is 5.79. The van der Waals surface area contributed by atoms with Crippen LogP contribution in [0.1, 0.15) is 51.4 Å². The Balaban J connectivity index is 1.71. The number of aldehydes is 1. The molecular formula is C15H22O4. The van der Waals surface area contributed by atoms with Crippen molar-refractivity contribution in [3.05, 3.63) is 0 Å². The molecule has 0 spiro atoms. The van der Waals surface area contributed by atoms with Gasteiger partial charge in [-0.25, -0.2) is 0 Å². The molecule has 2 aliphatic carbocycles. The standard InChI is InChI=1S/C15H22O4/c16-9-12-2-1-3-13(8-12)15(18)19-10-11-4-6-14(17)7-5-11/h9,11-13H,1-8,10H2. The molecule has 4 heteroatoms. The predicted molar refractivity (Wildman–Crippen MR) is 69.4 cm³/mol. The van der Waals surface area contributed by atoms with Crippen LogP contribution in [0.2, 0.25) is 0 Å². The van der Waals surface area contributed by atoms with Gasteiger partial charge in [-0.05, 0) is 38.0 Å². The summed E-state index contributed by atoms with van der Waals surface area (Å²) in [5, 5.41) is 0. The van der Waals surface area contributed by atoms with Crippen molar-refractivity contribution in [2.45, 2.75) is 51.4 Å². The van der Waals surface area contributed by atoms with E-state index in [1.165, 1.54) is 0 Å². The molecule has 0 bridgehead atoms. The number of hydrogen-bond donors (Lipinski definition) is 0. The summed E-state index contributed by atoms with van der Waals surface area (Å²) in [6.07, 6.45) is 7.21. The first-order chi connectivity index (χ1) is 9.19. The molecule has 2 fully saturated rings. The summed E-state index contributed by atoms with van der Waals surface area (Å²) in [6.45, 7) is 0.439. The molecule has 19 heavy (non-hydrogen) atoms. The molecule has 0 aromatic carbocycles. The lowest BCUT2D eigenvalue weighted by Crippen LogP contribution is -2.28. The van der Waals surface area contributed by atoms with Gasteiger partial charge in [0.25, 0.3) is 0 Å². The molecule has 2 aliphatic rings. The fourth-order valence-corrected chi connectivity index (χ4v) is 3.05. The molecule has 106 valence electrons. The van der Waals surface area contributed by atoms with E-state index < -0.39 is 0 Å². The van der Waals surface area contributed by atoms with Crippen molar-refractivity contribution < 1.29 is 19.1 Å². The first kappa shape index (κ1) is 14.2. The summed E-state index contributed by atoms with van der Waals surface area (Å²) in [4.78, 5) is 33.9. The van der Waals surface area contributed by atoms with Crippen LogP contribution in [-0.2, 0) is 19.1 Å². The molecule has 0 heterocycles. The van der Waals surface area contributed by atoms with Crippen LogP contribution in [0.3, 0.4) is 0 Å². The third-order valence-electron chi connectivity index (χ3n) is 4.36. The van der Waals surface area contributed by atoms with Gasteiger partial charge in [-0.3, -0.25) is 9.59 Å². The van der Waals surface area contributed by atoms with E-state index in [1.54, 1.807) is 0 Å². The minimum Gasteiger partial charge on any atom is -0.465 e. The first-order valence-electron chi connectivity index (χ1n) is 7.32. The molecule has 0 aliphatic heterocycles. The van der Waals surface area contributed by atoms with E-state index in [-0.39, 0.29) is 17.8 Å². The van der Waals surface area contributed by atoms with Gasteiger partial charge in [0.05, 0.1) is 12.5 Å². The Morgan fingerprint density at radius 2 is 1.95 bits per heavy atom. The number of ketones is 1. The lowest BCUT2D eigenvalue weighted by atomic mass is 9.82. The maximum Gasteiger partial charge on any atom is 0.308 e. The van der Waals surface area contributed by atoms with Crippen LogP contribution in [0.15, 0.2) is 0 Å². The third kappa shape index (κ3) is 4.15. The third-order valence-corrected chi connectivity index (χ3v) is 4.36. The van der Waals surface area contributed by atoms with Gasteiger partial charge in [-0.2, -0.15) is 0 Å². The van der Waals surface area contributed by atoms with Gasteiger partial charge in [0.15, 0.2) is 0 Å². The molecular weight excluding hydrogens is 244 g/mol. The van der Waals surface area contributed by atoms with Gasteiger partial charge in [0.1, 0.15) is 12.1 Å². The molecule has 0 N–H and O–H groups in total. The average Bonchev–Trinajstić information content (AvgIpc) is 2.46. The van der Waals surface area contributed by atoms with E-state index >= 15 is 0 Å². The van der Waals surface area contributed by atoms with Crippen molar-refractivity contribution in [1.29, 1.82) is 0 Å². The zero-order valence-corrected chi connectivity index (χ0v) is 11.3. The van der Waals surface area contributed by atoms with Crippen LogP contribution >= 0.6 is 0 Å². The fourth-order valence-electron chi connectivity index (χ4n) is 3.05.